The second kappa shape index (κ2) is 4.73. The lowest BCUT2D eigenvalue weighted by atomic mass is 10.1. The SMILES string of the molecule is CN(c1cc(C(N)=O)ccc1N)C1CCS(=O)(=O)C1. The van der Waals surface area contributed by atoms with Gasteiger partial charge in [-0.05, 0) is 24.6 Å². The molecule has 7 heteroatoms. The van der Waals surface area contributed by atoms with Crippen LogP contribution in [0.15, 0.2) is 18.2 Å². The third kappa shape index (κ3) is 2.81. The lowest BCUT2D eigenvalue weighted by molar-refractivity contribution is 0.100. The van der Waals surface area contributed by atoms with Gasteiger partial charge in [0.05, 0.1) is 22.9 Å². The summed E-state index contributed by atoms with van der Waals surface area (Å²) in [6, 6.07) is 4.65. The molecule has 0 aromatic heterocycles. The summed E-state index contributed by atoms with van der Waals surface area (Å²) in [5.41, 5.74) is 12.6. The van der Waals surface area contributed by atoms with Crippen molar-refractivity contribution in [2.75, 3.05) is 29.2 Å². The first kappa shape index (κ1) is 13.7. The summed E-state index contributed by atoms with van der Waals surface area (Å²) in [6.45, 7) is 0. The van der Waals surface area contributed by atoms with Gasteiger partial charge in [0.1, 0.15) is 0 Å². The fourth-order valence-electron chi connectivity index (χ4n) is 2.28. The molecule has 0 aliphatic carbocycles. The number of hydrogen-bond acceptors (Lipinski definition) is 5. The van der Waals surface area contributed by atoms with Crippen LogP contribution in [0.2, 0.25) is 0 Å². The molecule has 1 aliphatic rings. The Hall–Kier alpha value is -1.76. The van der Waals surface area contributed by atoms with Crippen LogP contribution in [-0.4, -0.2) is 38.9 Å². The molecule has 104 valence electrons. The van der Waals surface area contributed by atoms with E-state index in [1.54, 1.807) is 25.2 Å². The predicted octanol–water partition coefficient (Wildman–Crippen LogP) is -0.00900. The molecule has 1 aromatic rings. The van der Waals surface area contributed by atoms with Gasteiger partial charge in [0.15, 0.2) is 9.84 Å². The zero-order valence-corrected chi connectivity index (χ0v) is 11.5. The van der Waals surface area contributed by atoms with Crippen molar-refractivity contribution in [2.45, 2.75) is 12.5 Å². The van der Waals surface area contributed by atoms with Crippen molar-refractivity contribution >= 4 is 27.1 Å². The van der Waals surface area contributed by atoms with Crippen molar-refractivity contribution < 1.29 is 13.2 Å². The average molecular weight is 283 g/mol. The van der Waals surface area contributed by atoms with Gasteiger partial charge in [-0.25, -0.2) is 8.42 Å². The number of anilines is 2. The number of rotatable bonds is 3. The summed E-state index contributed by atoms with van der Waals surface area (Å²) in [6.07, 6.45) is 0.569. The Kier molecular flexibility index (Phi) is 3.40. The molecule has 1 aromatic carbocycles. The van der Waals surface area contributed by atoms with E-state index in [9.17, 15) is 13.2 Å². The van der Waals surface area contributed by atoms with Gasteiger partial charge in [-0.1, -0.05) is 0 Å². The van der Waals surface area contributed by atoms with Crippen LogP contribution in [-0.2, 0) is 9.84 Å². The van der Waals surface area contributed by atoms with E-state index in [2.05, 4.69) is 0 Å². The first-order valence-electron chi connectivity index (χ1n) is 5.93. The molecular formula is C12H17N3O3S. The van der Waals surface area contributed by atoms with Gasteiger partial charge in [0.25, 0.3) is 0 Å². The Labute approximate surface area is 112 Å². The van der Waals surface area contributed by atoms with E-state index in [1.807, 2.05) is 4.90 Å². The number of hydrogen-bond donors (Lipinski definition) is 2. The van der Waals surface area contributed by atoms with Gasteiger partial charge < -0.3 is 16.4 Å². The number of benzene rings is 1. The van der Waals surface area contributed by atoms with Crippen LogP contribution in [0.5, 0.6) is 0 Å². The summed E-state index contributed by atoms with van der Waals surface area (Å²) in [4.78, 5) is 13.0. The predicted molar refractivity (Wildman–Crippen MR) is 74.8 cm³/mol. The van der Waals surface area contributed by atoms with Crippen molar-refractivity contribution in [2.24, 2.45) is 5.73 Å². The maximum atomic E-state index is 11.5. The largest absolute Gasteiger partial charge is 0.397 e. The lowest BCUT2D eigenvalue weighted by Crippen LogP contribution is -2.33. The molecular weight excluding hydrogens is 266 g/mol. The number of nitrogens with zero attached hydrogens (tertiary/aromatic N) is 1. The summed E-state index contributed by atoms with van der Waals surface area (Å²) in [5, 5.41) is 0. The fourth-order valence-corrected chi connectivity index (χ4v) is 4.05. The van der Waals surface area contributed by atoms with E-state index < -0.39 is 15.7 Å². The zero-order valence-electron chi connectivity index (χ0n) is 10.7. The van der Waals surface area contributed by atoms with E-state index in [0.717, 1.165) is 0 Å². The summed E-state index contributed by atoms with van der Waals surface area (Å²) >= 11 is 0. The Morgan fingerprint density at radius 1 is 1.42 bits per heavy atom. The van der Waals surface area contributed by atoms with Gasteiger partial charge >= 0.3 is 0 Å². The minimum Gasteiger partial charge on any atom is -0.397 e. The standard InChI is InChI=1S/C12H17N3O3S/c1-15(9-4-5-19(17,18)7-9)11-6-8(12(14)16)2-3-10(11)13/h2-3,6,9H,4-5,7,13H2,1H3,(H2,14,16). The van der Waals surface area contributed by atoms with Gasteiger partial charge in [0, 0.05) is 18.7 Å². The van der Waals surface area contributed by atoms with E-state index in [4.69, 9.17) is 11.5 Å². The highest BCUT2D eigenvalue weighted by Crippen LogP contribution is 2.28. The molecule has 1 saturated heterocycles. The third-order valence-corrected chi connectivity index (χ3v) is 5.20. The summed E-state index contributed by atoms with van der Waals surface area (Å²) in [7, 11) is -1.18. The summed E-state index contributed by atoms with van der Waals surface area (Å²) < 4.78 is 23.0. The van der Waals surface area contributed by atoms with Crippen LogP contribution in [0.4, 0.5) is 11.4 Å². The van der Waals surface area contributed by atoms with Gasteiger partial charge in [0.2, 0.25) is 5.91 Å². The van der Waals surface area contributed by atoms with Crippen molar-refractivity contribution in [3.8, 4) is 0 Å². The average Bonchev–Trinajstić information content (AvgIpc) is 2.69. The highest BCUT2D eigenvalue weighted by molar-refractivity contribution is 7.91. The van der Waals surface area contributed by atoms with Crippen molar-refractivity contribution in [3.63, 3.8) is 0 Å². The number of primary amides is 1. The molecule has 19 heavy (non-hydrogen) atoms. The molecule has 1 atom stereocenters. The van der Waals surface area contributed by atoms with Gasteiger partial charge in [-0.15, -0.1) is 0 Å². The molecule has 0 saturated carbocycles. The summed E-state index contributed by atoms with van der Waals surface area (Å²) in [5.74, 6) is -0.227. The first-order chi connectivity index (χ1) is 8.80. The monoisotopic (exact) mass is 283 g/mol. The van der Waals surface area contributed by atoms with Crippen molar-refractivity contribution in [1.82, 2.24) is 0 Å². The maximum absolute atomic E-state index is 11.5. The Balaban J connectivity index is 2.31. The molecule has 1 amide bonds. The van der Waals surface area contributed by atoms with Crippen molar-refractivity contribution in [3.05, 3.63) is 23.8 Å². The fraction of sp³-hybridized carbons (Fsp3) is 0.417. The number of carbonyl (C=O) groups excluding carboxylic acids is 1. The van der Waals surface area contributed by atoms with E-state index in [-0.39, 0.29) is 17.5 Å². The van der Waals surface area contributed by atoms with Crippen LogP contribution in [0.1, 0.15) is 16.8 Å². The Bertz CT molecular complexity index is 613. The molecule has 0 spiro atoms. The molecule has 0 bridgehead atoms. The quantitative estimate of drug-likeness (QED) is 0.759. The second-order valence-electron chi connectivity index (χ2n) is 4.81. The minimum absolute atomic E-state index is 0.115. The molecule has 4 N–H and O–H groups in total. The molecule has 1 fully saturated rings. The normalized spacial score (nSPS) is 21.2. The smallest absolute Gasteiger partial charge is 0.248 e. The highest BCUT2D eigenvalue weighted by atomic mass is 32.2. The Morgan fingerprint density at radius 3 is 2.63 bits per heavy atom. The zero-order chi connectivity index (χ0) is 14.2. The topological polar surface area (TPSA) is 106 Å². The van der Waals surface area contributed by atoms with Crippen molar-refractivity contribution in [1.29, 1.82) is 0 Å². The molecule has 2 rings (SSSR count). The van der Waals surface area contributed by atoms with Gasteiger partial charge in [-0.2, -0.15) is 0 Å². The first-order valence-corrected chi connectivity index (χ1v) is 7.75. The molecule has 0 radical (unpaired) electrons. The molecule has 1 unspecified atom stereocenters. The van der Waals surface area contributed by atoms with Crippen LogP contribution in [0, 0.1) is 0 Å². The van der Waals surface area contributed by atoms with Crippen LogP contribution < -0.4 is 16.4 Å². The van der Waals surface area contributed by atoms with Crippen LogP contribution in [0.25, 0.3) is 0 Å². The van der Waals surface area contributed by atoms with Crippen LogP contribution in [0.3, 0.4) is 0 Å². The number of amides is 1. The van der Waals surface area contributed by atoms with E-state index in [1.165, 1.54) is 0 Å². The van der Waals surface area contributed by atoms with Gasteiger partial charge in [-0.3, -0.25) is 4.79 Å². The van der Waals surface area contributed by atoms with E-state index >= 15 is 0 Å². The number of sulfone groups is 1. The molecule has 1 aliphatic heterocycles. The highest BCUT2D eigenvalue weighted by Gasteiger charge is 2.31. The number of nitrogen functional groups attached to an aromatic ring is 1. The molecule has 1 heterocycles. The Morgan fingerprint density at radius 2 is 2.11 bits per heavy atom. The maximum Gasteiger partial charge on any atom is 0.248 e. The number of nitrogens with two attached hydrogens (primary N) is 2. The number of carbonyl (C=O) groups is 1. The van der Waals surface area contributed by atoms with Crippen LogP contribution >= 0.6 is 0 Å². The minimum atomic E-state index is -2.96. The molecule has 6 nitrogen and oxygen atoms in total. The second-order valence-corrected chi connectivity index (χ2v) is 7.03. The van der Waals surface area contributed by atoms with E-state index in [0.29, 0.717) is 23.4 Å². The lowest BCUT2D eigenvalue weighted by Gasteiger charge is -2.27. The third-order valence-electron chi connectivity index (χ3n) is 3.45.